The maximum atomic E-state index is 12.0. The first-order chi connectivity index (χ1) is 13.3. The molecule has 0 saturated carbocycles. The van der Waals surface area contributed by atoms with Gasteiger partial charge in [0.2, 0.25) is 18.0 Å². The minimum Gasteiger partial charge on any atom is -0.446 e. The van der Waals surface area contributed by atoms with Gasteiger partial charge in [0.05, 0.1) is 10.5 Å². The van der Waals surface area contributed by atoms with Crippen LogP contribution in [0, 0.1) is 10.1 Å². The average Bonchev–Trinajstić information content (AvgIpc) is 3.07. The van der Waals surface area contributed by atoms with Crippen LogP contribution in [0.2, 0.25) is 5.02 Å². The van der Waals surface area contributed by atoms with Crippen molar-refractivity contribution in [2.24, 2.45) is 5.10 Å². The second-order valence-corrected chi connectivity index (χ2v) is 6.20. The van der Waals surface area contributed by atoms with Crippen LogP contribution in [0.15, 0.2) is 47.6 Å². The molecule has 1 aliphatic heterocycles. The van der Waals surface area contributed by atoms with E-state index in [1.165, 1.54) is 32.0 Å². The lowest BCUT2D eigenvalue weighted by Crippen LogP contribution is -2.25. The van der Waals surface area contributed by atoms with Crippen molar-refractivity contribution in [1.82, 2.24) is 5.01 Å². The van der Waals surface area contributed by atoms with E-state index in [9.17, 15) is 19.7 Å². The van der Waals surface area contributed by atoms with E-state index in [4.69, 9.17) is 21.1 Å². The molecule has 0 N–H and O–H groups in total. The Morgan fingerprint density at radius 2 is 1.96 bits per heavy atom. The third-order valence-corrected chi connectivity index (χ3v) is 4.11. The highest BCUT2D eigenvalue weighted by atomic mass is 35.5. The van der Waals surface area contributed by atoms with E-state index in [0.29, 0.717) is 11.1 Å². The van der Waals surface area contributed by atoms with E-state index in [-0.39, 0.29) is 22.4 Å². The van der Waals surface area contributed by atoms with Crippen molar-refractivity contribution in [2.45, 2.75) is 20.1 Å². The SMILES string of the molecule is CC(=O)Oc1ccccc1C1=NN(C(C)=O)[C@H](c2ccc(Cl)c([N+](=O)[O-])c2)O1. The summed E-state index contributed by atoms with van der Waals surface area (Å²) in [7, 11) is 0. The van der Waals surface area contributed by atoms with Crippen molar-refractivity contribution >= 4 is 35.1 Å². The highest BCUT2D eigenvalue weighted by molar-refractivity contribution is 6.32. The summed E-state index contributed by atoms with van der Waals surface area (Å²) in [4.78, 5) is 33.9. The zero-order valence-electron chi connectivity index (χ0n) is 14.8. The summed E-state index contributed by atoms with van der Waals surface area (Å²) in [6, 6.07) is 10.6. The van der Waals surface area contributed by atoms with Gasteiger partial charge < -0.3 is 9.47 Å². The smallest absolute Gasteiger partial charge is 0.308 e. The number of rotatable bonds is 4. The van der Waals surface area contributed by atoms with E-state index < -0.39 is 23.0 Å². The molecule has 0 spiro atoms. The topological polar surface area (TPSA) is 111 Å². The van der Waals surface area contributed by atoms with E-state index in [2.05, 4.69) is 5.10 Å². The molecule has 1 amide bonds. The first-order valence-corrected chi connectivity index (χ1v) is 8.42. The van der Waals surface area contributed by atoms with E-state index in [1.807, 2.05) is 0 Å². The van der Waals surface area contributed by atoms with Crippen molar-refractivity contribution < 1.29 is 24.0 Å². The Bertz CT molecular complexity index is 1010. The number of para-hydroxylation sites is 1. The van der Waals surface area contributed by atoms with Gasteiger partial charge in [-0.3, -0.25) is 19.7 Å². The van der Waals surface area contributed by atoms with E-state index in [0.717, 1.165) is 5.01 Å². The molecular weight excluding hydrogens is 390 g/mol. The fourth-order valence-corrected chi connectivity index (χ4v) is 2.79. The van der Waals surface area contributed by atoms with Gasteiger partial charge in [0.25, 0.3) is 5.69 Å². The Labute approximate surface area is 164 Å². The molecule has 0 fully saturated rings. The number of halogens is 1. The predicted molar refractivity (Wildman–Crippen MR) is 98.7 cm³/mol. The Kier molecular flexibility index (Phi) is 5.27. The van der Waals surface area contributed by atoms with Crippen LogP contribution in [0.1, 0.15) is 31.2 Å². The number of nitrogens with zero attached hydrogens (tertiary/aromatic N) is 3. The summed E-state index contributed by atoms with van der Waals surface area (Å²) in [6.07, 6.45) is -1.03. The van der Waals surface area contributed by atoms with Crippen molar-refractivity contribution in [2.75, 3.05) is 0 Å². The molecule has 3 rings (SSSR count). The standard InChI is InChI=1S/C18H14ClN3O6/c1-10(23)21-18(12-7-8-14(19)15(9-12)22(25)26)28-17(20-21)13-5-3-4-6-16(13)27-11(2)24/h3-9,18H,1-2H3/t18-/m0/s1. The van der Waals surface area contributed by atoms with Crippen LogP contribution in [-0.2, 0) is 14.3 Å². The minimum absolute atomic E-state index is 0.0367. The molecule has 0 saturated heterocycles. The first-order valence-electron chi connectivity index (χ1n) is 8.04. The molecule has 0 aliphatic carbocycles. The number of benzene rings is 2. The molecule has 1 atom stereocenters. The van der Waals surface area contributed by atoms with Crippen LogP contribution in [0.3, 0.4) is 0 Å². The number of ether oxygens (including phenoxy) is 2. The monoisotopic (exact) mass is 403 g/mol. The highest BCUT2D eigenvalue weighted by Crippen LogP contribution is 2.35. The lowest BCUT2D eigenvalue weighted by molar-refractivity contribution is -0.384. The molecule has 0 aromatic heterocycles. The zero-order valence-corrected chi connectivity index (χ0v) is 15.5. The molecule has 1 heterocycles. The summed E-state index contributed by atoms with van der Waals surface area (Å²) in [5, 5.41) is 16.3. The quantitative estimate of drug-likeness (QED) is 0.334. The Morgan fingerprint density at radius 3 is 2.61 bits per heavy atom. The van der Waals surface area contributed by atoms with Gasteiger partial charge in [-0.2, -0.15) is 5.01 Å². The third-order valence-electron chi connectivity index (χ3n) is 3.79. The molecule has 9 nitrogen and oxygen atoms in total. The maximum absolute atomic E-state index is 12.0. The Hall–Kier alpha value is -3.46. The van der Waals surface area contributed by atoms with Crippen molar-refractivity contribution in [1.29, 1.82) is 0 Å². The fraction of sp³-hybridized carbons (Fsp3) is 0.167. The van der Waals surface area contributed by atoms with E-state index >= 15 is 0 Å². The van der Waals surface area contributed by atoms with Crippen LogP contribution in [0.5, 0.6) is 5.75 Å². The molecule has 2 aromatic carbocycles. The number of carbonyl (C=O) groups is 2. The van der Waals surface area contributed by atoms with Gasteiger partial charge in [-0.15, -0.1) is 5.10 Å². The van der Waals surface area contributed by atoms with E-state index in [1.54, 1.807) is 24.3 Å². The maximum Gasteiger partial charge on any atom is 0.308 e. The summed E-state index contributed by atoms with van der Waals surface area (Å²) < 4.78 is 11.0. The number of hydrogen-bond acceptors (Lipinski definition) is 7. The first kappa shape index (κ1) is 19.3. The predicted octanol–water partition coefficient (Wildman–Crippen LogP) is 3.41. The number of esters is 1. The number of hydrogen-bond donors (Lipinski definition) is 0. The molecule has 10 heteroatoms. The van der Waals surface area contributed by atoms with Crippen molar-refractivity contribution in [3.05, 3.63) is 68.7 Å². The van der Waals surface area contributed by atoms with Crippen molar-refractivity contribution in [3.63, 3.8) is 0 Å². The van der Waals surface area contributed by atoms with Crippen LogP contribution in [-0.4, -0.2) is 27.7 Å². The summed E-state index contributed by atoms with van der Waals surface area (Å²) in [5.41, 5.74) is 0.352. The molecule has 1 aliphatic rings. The lowest BCUT2D eigenvalue weighted by Gasteiger charge is -2.19. The van der Waals surface area contributed by atoms with Crippen LogP contribution in [0.4, 0.5) is 5.69 Å². The number of hydrazone groups is 1. The minimum atomic E-state index is -1.03. The molecule has 0 bridgehead atoms. The number of amides is 1. The molecular formula is C18H14ClN3O6. The van der Waals surface area contributed by atoms with Gasteiger partial charge >= 0.3 is 5.97 Å². The largest absolute Gasteiger partial charge is 0.446 e. The van der Waals surface area contributed by atoms with Gasteiger partial charge in [-0.25, -0.2) is 0 Å². The number of carbonyl (C=O) groups excluding carboxylic acids is 2. The van der Waals surface area contributed by atoms with Crippen molar-refractivity contribution in [3.8, 4) is 5.75 Å². The second kappa shape index (κ2) is 7.65. The molecule has 144 valence electrons. The average molecular weight is 404 g/mol. The van der Waals surface area contributed by atoms with Crippen LogP contribution < -0.4 is 4.74 Å². The zero-order chi connectivity index (χ0) is 20.4. The summed E-state index contributed by atoms with van der Waals surface area (Å²) >= 11 is 5.85. The summed E-state index contributed by atoms with van der Waals surface area (Å²) in [5.74, 6) is -0.725. The van der Waals surface area contributed by atoms with Gasteiger partial charge in [-0.1, -0.05) is 29.8 Å². The van der Waals surface area contributed by atoms with Gasteiger partial charge in [0, 0.05) is 25.5 Å². The molecule has 28 heavy (non-hydrogen) atoms. The fourth-order valence-electron chi connectivity index (χ4n) is 2.60. The summed E-state index contributed by atoms with van der Waals surface area (Å²) in [6.45, 7) is 2.54. The van der Waals surface area contributed by atoms with Gasteiger partial charge in [0.15, 0.2) is 0 Å². The molecule has 0 radical (unpaired) electrons. The van der Waals surface area contributed by atoms with Gasteiger partial charge in [-0.05, 0) is 18.2 Å². The van der Waals surface area contributed by atoms with Crippen LogP contribution in [0.25, 0.3) is 0 Å². The number of nitro groups is 1. The lowest BCUT2D eigenvalue weighted by atomic mass is 10.1. The molecule has 2 aromatic rings. The molecule has 0 unspecified atom stereocenters. The number of nitro benzene ring substituents is 1. The highest BCUT2D eigenvalue weighted by Gasteiger charge is 2.35. The second-order valence-electron chi connectivity index (χ2n) is 5.80. The van der Waals surface area contributed by atoms with Crippen LogP contribution >= 0.6 is 11.6 Å². The third kappa shape index (κ3) is 3.79. The van der Waals surface area contributed by atoms with Gasteiger partial charge in [0.1, 0.15) is 10.8 Å². The normalized spacial score (nSPS) is 15.6. The Balaban J connectivity index is 2.01. The Morgan fingerprint density at radius 1 is 1.25 bits per heavy atom.